The van der Waals surface area contributed by atoms with Crippen LogP contribution in [0.5, 0.6) is 0 Å². The number of amides is 2. The SMILES string of the molecule is CC(C)NC(=O)[C@H](C)N(Cc1ccc(Cl)c(Cl)c1)C(=O)CN(c1ccccc1F)S(C)(=O)=O. The molecule has 2 rings (SSSR count). The van der Waals surface area contributed by atoms with Crippen LogP contribution >= 0.6 is 23.2 Å². The van der Waals surface area contributed by atoms with Crippen molar-refractivity contribution in [2.24, 2.45) is 0 Å². The summed E-state index contributed by atoms with van der Waals surface area (Å²) in [6.45, 7) is 4.34. The highest BCUT2D eigenvalue weighted by atomic mass is 35.5. The Bertz CT molecular complexity index is 1130. The third-order valence-electron chi connectivity index (χ3n) is 4.74. The minimum absolute atomic E-state index is 0.0444. The maximum atomic E-state index is 14.4. The Morgan fingerprint density at radius 2 is 1.70 bits per heavy atom. The number of benzene rings is 2. The number of anilines is 1. The molecule has 11 heteroatoms. The molecular formula is C22H26Cl2FN3O4S. The van der Waals surface area contributed by atoms with Crippen LogP contribution in [0.4, 0.5) is 10.1 Å². The van der Waals surface area contributed by atoms with Gasteiger partial charge in [0, 0.05) is 12.6 Å². The van der Waals surface area contributed by atoms with Crippen molar-refractivity contribution in [1.29, 1.82) is 0 Å². The van der Waals surface area contributed by atoms with E-state index in [1.54, 1.807) is 32.0 Å². The second kappa shape index (κ2) is 11.2. The molecule has 180 valence electrons. The summed E-state index contributed by atoms with van der Waals surface area (Å²) < 4.78 is 39.9. The average Bonchev–Trinajstić information content (AvgIpc) is 2.71. The van der Waals surface area contributed by atoms with E-state index in [2.05, 4.69) is 5.32 Å². The molecule has 0 unspecified atom stereocenters. The minimum atomic E-state index is -4.01. The van der Waals surface area contributed by atoms with Gasteiger partial charge in [-0.05, 0) is 50.6 Å². The van der Waals surface area contributed by atoms with Gasteiger partial charge in [0.25, 0.3) is 0 Å². The van der Waals surface area contributed by atoms with Crippen LogP contribution < -0.4 is 9.62 Å². The summed E-state index contributed by atoms with van der Waals surface area (Å²) in [5.74, 6) is -1.91. The van der Waals surface area contributed by atoms with E-state index in [4.69, 9.17) is 23.2 Å². The monoisotopic (exact) mass is 517 g/mol. The third kappa shape index (κ3) is 7.31. The van der Waals surface area contributed by atoms with Crippen molar-refractivity contribution in [2.45, 2.75) is 39.4 Å². The minimum Gasteiger partial charge on any atom is -0.352 e. The molecule has 0 bridgehead atoms. The predicted molar refractivity (Wildman–Crippen MR) is 128 cm³/mol. The number of carbonyl (C=O) groups is 2. The molecule has 0 aliphatic heterocycles. The van der Waals surface area contributed by atoms with Crippen LogP contribution in [0.1, 0.15) is 26.3 Å². The molecule has 0 radical (unpaired) electrons. The number of nitrogens with zero attached hydrogens (tertiary/aromatic N) is 2. The molecule has 1 atom stereocenters. The van der Waals surface area contributed by atoms with E-state index in [0.29, 0.717) is 14.9 Å². The van der Waals surface area contributed by atoms with Gasteiger partial charge in [-0.15, -0.1) is 0 Å². The molecule has 33 heavy (non-hydrogen) atoms. The maximum absolute atomic E-state index is 14.4. The fourth-order valence-electron chi connectivity index (χ4n) is 3.07. The third-order valence-corrected chi connectivity index (χ3v) is 6.60. The van der Waals surface area contributed by atoms with Crippen molar-refractivity contribution in [3.8, 4) is 0 Å². The van der Waals surface area contributed by atoms with E-state index in [9.17, 15) is 22.4 Å². The van der Waals surface area contributed by atoms with Crippen molar-refractivity contribution >= 4 is 50.7 Å². The van der Waals surface area contributed by atoms with Crippen LogP contribution in [-0.4, -0.2) is 50.0 Å². The van der Waals surface area contributed by atoms with E-state index in [-0.39, 0.29) is 23.3 Å². The average molecular weight is 518 g/mol. The van der Waals surface area contributed by atoms with E-state index in [1.807, 2.05) is 0 Å². The molecular weight excluding hydrogens is 492 g/mol. The van der Waals surface area contributed by atoms with Crippen LogP contribution in [0.25, 0.3) is 0 Å². The quantitative estimate of drug-likeness (QED) is 0.547. The molecule has 0 aliphatic rings. The van der Waals surface area contributed by atoms with Gasteiger partial charge in [0.15, 0.2) is 0 Å². The van der Waals surface area contributed by atoms with Gasteiger partial charge in [0.2, 0.25) is 21.8 Å². The fraction of sp³-hybridized carbons (Fsp3) is 0.364. The number of hydrogen-bond donors (Lipinski definition) is 1. The standard InChI is InChI=1S/C22H26Cl2FN3O4S/c1-14(2)26-22(30)15(3)27(12-16-9-10-17(23)18(24)11-16)21(29)13-28(33(4,31)32)20-8-6-5-7-19(20)25/h5-11,14-15H,12-13H2,1-4H3,(H,26,30)/t15-/m0/s1. The molecule has 0 saturated heterocycles. The number of halogens is 3. The van der Waals surface area contributed by atoms with E-state index in [1.165, 1.54) is 30.0 Å². The molecule has 2 aromatic rings. The highest BCUT2D eigenvalue weighted by Gasteiger charge is 2.31. The van der Waals surface area contributed by atoms with Crippen LogP contribution in [0.2, 0.25) is 10.0 Å². The zero-order valence-corrected chi connectivity index (χ0v) is 21.0. The van der Waals surface area contributed by atoms with Gasteiger partial charge in [0.1, 0.15) is 18.4 Å². The maximum Gasteiger partial charge on any atom is 0.244 e. The van der Waals surface area contributed by atoms with Crippen molar-refractivity contribution in [2.75, 3.05) is 17.1 Å². The lowest BCUT2D eigenvalue weighted by Gasteiger charge is -2.32. The van der Waals surface area contributed by atoms with E-state index < -0.39 is 40.2 Å². The lowest BCUT2D eigenvalue weighted by molar-refractivity contribution is -0.139. The topological polar surface area (TPSA) is 86.8 Å². The summed E-state index contributed by atoms with van der Waals surface area (Å²) in [5, 5.41) is 3.33. The zero-order valence-electron chi connectivity index (χ0n) is 18.7. The first kappa shape index (κ1) is 26.9. The summed E-state index contributed by atoms with van der Waals surface area (Å²) in [7, 11) is -4.01. The molecule has 0 spiro atoms. The first-order valence-corrected chi connectivity index (χ1v) is 12.7. The molecule has 2 aromatic carbocycles. The summed E-state index contributed by atoms with van der Waals surface area (Å²) in [6.07, 6.45) is 0.880. The van der Waals surface area contributed by atoms with Gasteiger partial charge in [0.05, 0.1) is 22.0 Å². The largest absolute Gasteiger partial charge is 0.352 e. The Kier molecular flexibility index (Phi) is 9.11. The summed E-state index contributed by atoms with van der Waals surface area (Å²) in [4.78, 5) is 27.2. The van der Waals surface area contributed by atoms with Gasteiger partial charge >= 0.3 is 0 Å². The normalized spacial score (nSPS) is 12.4. The van der Waals surface area contributed by atoms with Crippen molar-refractivity contribution in [1.82, 2.24) is 10.2 Å². The predicted octanol–water partition coefficient (Wildman–Crippen LogP) is 3.84. The van der Waals surface area contributed by atoms with E-state index in [0.717, 1.165) is 12.3 Å². The first-order valence-electron chi connectivity index (χ1n) is 10.1. The molecule has 1 N–H and O–H groups in total. The van der Waals surface area contributed by atoms with Crippen LogP contribution in [0, 0.1) is 5.82 Å². The molecule has 0 heterocycles. The van der Waals surface area contributed by atoms with Crippen LogP contribution in [0.3, 0.4) is 0 Å². The zero-order chi connectivity index (χ0) is 24.9. The van der Waals surface area contributed by atoms with E-state index >= 15 is 0 Å². The Morgan fingerprint density at radius 3 is 2.24 bits per heavy atom. The number of nitrogens with one attached hydrogen (secondary N) is 1. The van der Waals surface area contributed by atoms with Gasteiger partial charge in [-0.2, -0.15) is 0 Å². The Labute approximate surface area is 203 Å². The molecule has 0 aromatic heterocycles. The highest BCUT2D eigenvalue weighted by Crippen LogP contribution is 2.25. The molecule has 7 nitrogen and oxygen atoms in total. The Morgan fingerprint density at radius 1 is 1.06 bits per heavy atom. The number of sulfonamides is 1. The second-order valence-corrected chi connectivity index (χ2v) is 10.6. The van der Waals surface area contributed by atoms with Crippen molar-refractivity contribution < 1.29 is 22.4 Å². The first-order chi connectivity index (χ1) is 15.3. The van der Waals surface area contributed by atoms with Crippen LogP contribution in [-0.2, 0) is 26.2 Å². The molecule has 0 fully saturated rings. The van der Waals surface area contributed by atoms with Crippen molar-refractivity contribution in [3.05, 3.63) is 63.9 Å². The summed E-state index contributed by atoms with van der Waals surface area (Å²) in [6, 6.07) is 8.89. The van der Waals surface area contributed by atoms with Crippen molar-refractivity contribution in [3.63, 3.8) is 0 Å². The van der Waals surface area contributed by atoms with Gasteiger partial charge in [-0.1, -0.05) is 41.4 Å². The smallest absolute Gasteiger partial charge is 0.244 e. The number of rotatable bonds is 9. The lowest BCUT2D eigenvalue weighted by atomic mass is 10.1. The summed E-state index contributed by atoms with van der Waals surface area (Å²) in [5.41, 5.74) is 0.320. The number of hydrogen-bond acceptors (Lipinski definition) is 4. The van der Waals surface area contributed by atoms with Gasteiger partial charge in [-0.25, -0.2) is 12.8 Å². The Hall–Kier alpha value is -2.36. The van der Waals surface area contributed by atoms with Crippen LogP contribution in [0.15, 0.2) is 42.5 Å². The van der Waals surface area contributed by atoms with Gasteiger partial charge in [-0.3, -0.25) is 13.9 Å². The summed E-state index contributed by atoms with van der Waals surface area (Å²) >= 11 is 12.1. The second-order valence-electron chi connectivity index (χ2n) is 7.83. The highest BCUT2D eigenvalue weighted by molar-refractivity contribution is 7.92. The molecule has 0 saturated carbocycles. The Balaban J connectivity index is 2.43. The fourth-order valence-corrected chi connectivity index (χ4v) is 4.24. The van der Waals surface area contributed by atoms with Gasteiger partial charge < -0.3 is 10.2 Å². The lowest BCUT2D eigenvalue weighted by Crippen LogP contribution is -2.52. The molecule has 2 amide bonds. The number of para-hydroxylation sites is 1. The molecule has 0 aliphatic carbocycles. The number of carbonyl (C=O) groups excluding carboxylic acids is 2.